The third-order valence-electron chi connectivity index (χ3n) is 4.36. The highest BCUT2D eigenvalue weighted by molar-refractivity contribution is 7.84. The normalized spacial score (nSPS) is 19.7. The smallest absolute Gasteiger partial charge is 0.362 e. The predicted octanol–water partition coefficient (Wildman–Crippen LogP) is 0.475. The molecular formula is C18H27N5O8S2. The molecular weight excluding hydrogens is 478 g/mol. The second-order valence-electron chi connectivity index (χ2n) is 8.65. The van der Waals surface area contributed by atoms with Crippen LogP contribution in [0.3, 0.4) is 0 Å². The summed E-state index contributed by atoms with van der Waals surface area (Å²) in [5.41, 5.74) is 2.89. The van der Waals surface area contributed by atoms with Gasteiger partial charge in [-0.3, -0.25) is 14.1 Å². The van der Waals surface area contributed by atoms with Crippen molar-refractivity contribution in [1.82, 2.24) is 14.6 Å². The molecule has 184 valence electrons. The van der Waals surface area contributed by atoms with Gasteiger partial charge in [-0.25, -0.2) is 14.1 Å². The molecule has 1 aliphatic rings. The minimum atomic E-state index is -4.77. The molecule has 1 aromatic rings. The van der Waals surface area contributed by atoms with Gasteiger partial charge in [-0.1, -0.05) is 12.1 Å². The zero-order valence-corrected chi connectivity index (χ0v) is 20.6. The molecule has 0 aromatic carbocycles. The Hall–Kier alpha value is -2.78. The van der Waals surface area contributed by atoms with Crippen molar-refractivity contribution >= 4 is 50.3 Å². The second kappa shape index (κ2) is 9.23. The van der Waals surface area contributed by atoms with Gasteiger partial charge >= 0.3 is 16.3 Å². The molecule has 0 spiro atoms. The number of carbonyl (C=O) groups excluding carboxylic acids is 3. The number of nitrogen functional groups attached to an aromatic ring is 1. The minimum absolute atomic E-state index is 0.0152. The van der Waals surface area contributed by atoms with Crippen LogP contribution in [0.2, 0.25) is 0 Å². The van der Waals surface area contributed by atoms with Crippen LogP contribution in [0.15, 0.2) is 10.5 Å². The number of thiazole rings is 1. The summed E-state index contributed by atoms with van der Waals surface area (Å²) in [6.45, 7) is 9.39. The van der Waals surface area contributed by atoms with Crippen molar-refractivity contribution < 1.29 is 36.9 Å². The van der Waals surface area contributed by atoms with E-state index in [9.17, 15) is 27.4 Å². The zero-order chi connectivity index (χ0) is 25.4. The lowest BCUT2D eigenvalue weighted by molar-refractivity contribution is -0.179. The highest BCUT2D eigenvalue weighted by Crippen LogP contribution is 2.26. The van der Waals surface area contributed by atoms with Crippen LogP contribution in [0, 0.1) is 0 Å². The van der Waals surface area contributed by atoms with Crippen LogP contribution in [0.25, 0.3) is 0 Å². The van der Waals surface area contributed by atoms with E-state index in [0.29, 0.717) is 0 Å². The predicted molar refractivity (Wildman–Crippen MR) is 118 cm³/mol. The lowest BCUT2D eigenvalue weighted by atomic mass is 9.96. The Balaban J connectivity index is 2.29. The highest BCUT2D eigenvalue weighted by atomic mass is 32.2. The maximum atomic E-state index is 12.9. The maximum absolute atomic E-state index is 12.9. The molecule has 1 aliphatic heterocycles. The number of nitrogens with two attached hydrogens (primary N) is 1. The van der Waals surface area contributed by atoms with Crippen LogP contribution in [0.5, 0.6) is 0 Å². The van der Waals surface area contributed by atoms with Gasteiger partial charge in [0.1, 0.15) is 17.3 Å². The summed E-state index contributed by atoms with van der Waals surface area (Å²) in [5, 5.41) is 7.70. The topological polar surface area (TPSA) is 191 Å². The molecule has 1 saturated heterocycles. The molecule has 4 N–H and O–H groups in total. The van der Waals surface area contributed by atoms with Crippen molar-refractivity contribution in [2.24, 2.45) is 5.16 Å². The summed E-state index contributed by atoms with van der Waals surface area (Å²) < 4.78 is 37.6. The van der Waals surface area contributed by atoms with Crippen molar-refractivity contribution in [2.75, 3.05) is 5.73 Å². The number of nitrogens with zero attached hydrogens (tertiary/aromatic N) is 3. The highest BCUT2D eigenvalue weighted by Gasteiger charge is 2.53. The average molecular weight is 506 g/mol. The van der Waals surface area contributed by atoms with E-state index in [0.717, 1.165) is 11.3 Å². The van der Waals surface area contributed by atoms with E-state index in [2.05, 4.69) is 15.5 Å². The first kappa shape index (κ1) is 26.5. The SMILES string of the molecule is CC[C@H]1[C@H](NC(=O)C(=NOC(C)(C)C(=O)OC(C)(C)C)c2csc(N)n2)C(=O)N1S(=O)(=O)O. The number of oxime groups is 1. The number of carbonyl (C=O) groups is 3. The molecule has 2 atom stereocenters. The Bertz CT molecular complexity index is 1070. The number of ether oxygens (including phenoxy) is 1. The van der Waals surface area contributed by atoms with Gasteiger partial charge in [-0.15, -0.1) is 11.3 Å². The molecule has 2 rings (SSSR count). The number of anilines is 1. The van der Waals surface area contributed by atoms with E-state index in [1.165, 1.54) is 19.2 Å². The van der Waals surface area contributed by atoms with Gasteiger partial charge in [-0.05, 0) is 41.0 Å². The third-order valence-corrected chi connectivity index (χ3v) is 5.98. The van der Waals surface area contributed by atoms with E-state index in [1.807, 2.05) is 0 Å². The first-order valence-corrected chi connectivity index (χ1v) is 12.1. The van der Waals surface area contributed by atoms with E-state index in [1.54, 1.807) is 27.7 Å². The number of nitrogens with one attached hydrogen (secondary N) is 1. The molecule has 13 nitrogen and oxygen atoms in total. The number of esters is 1. The zero-order valence-electron chi connectivity index (χ0n) is 19.0. The van der Waals surface area contributed by atoms with Gasteiger partial charge in [0.2, 0.25) is 5.60 Å². The van der Waals surface area contributed by atoms with Gasteiger partial charge in [0.15, 0.2) is 10.8 Å². The lowest BCUT2D eigenvalue weighted by Gasteiger charge is -2.43. The van der Waals surface area contributed by atoms with Crippen molar-refractivity contribution in [3.05, 3.63) is 11.1 Å². The van der Waals surface area contributed by atoms with E-state index < -0.39 is 57.1 Å². The minimum Gasteiger partial charge on any atom is -0.457 e. The first-order valence-electron chi connectivity index (χ1n) is 9.80. The fourth-order valence-corrected chi connectivity index (χ4v) is 4.27. The van der Waals surface area contributed by atoms with Gasteiger partial charge in [0.25, 0.3) is 11.8 Å². The molecule has 33 heavy (non-hydrogen) atoms. The summed E-state index contributed by atoms with van der Waals surface area (Å²) in [4.78, 5) is 46.9. The molecule has 1 aromatic heterocycles. The maximum Gasteiger partial charge on any atom is 0.362 e. The third kappa shape index (κ3) is 6.17. The van der Waals surface area contributed by atoms with Gasteiger partial charge < -0.3 is 20.6 Å². The van der Waals surface area contributed by atoms with Gasteiger partial charge in [-0.2, -0.15) is 8.42 Å². The summed E-state index contributed by atoms with van der Waals surface area (Å²) in [5.74, 6) is -2.67. The second-order valence-corrected chi connectivity index (χ2v) is 10.8. The fourth-order valence-electron chi connectivity index (χ4n) is 2.77. The molecule has 15 heteroatoms. The lowest BCUT2D eigenvalue weighted by Crippen LogP contribution is -2.72. The summed E-state index contributed by atoms with van der Waals surface area (Å²) in [7, 11) is -4.77. The van der Waals surface area contributed by atoms with Crippen molar-refractivity contribution in [3.8, 4) is 0 Å². The van der Waals surface area contributed by atoms with E-state index >= 15 is 0 Å². The van der Waals surface area contributed by atoms with Gasteiger partial charge in [0, 0.05) is 5.38 Å². The van der Waals surface area contributed by atoms with Crippen LogP contribution in [-0.2, 0) is 34.3 Å². The Morgan fingerprint density at radius 2 is 1.94 bits per heavy atom. The van der Waals surface area contributed by atoms with Crippen LogP contribution >= 0.6 is 11.3 Å². The quantitative estimate of drug-likeness (QED) is 0.147. The Kier molecular flexibility index (Phi) is 7.40. The molecule has 0 unspecified atom stereocenters. The number of aromatic nitrogens is 1. The number of amides is 2. The van der Waals surface area contributed by atoms with Crippen molar-refractivity contribution in [1.29, 1.82) is 0 Å². The first-order chi connectivity index (χ1) is 15.0. The average Bonchev–Trinajstić information content (AvgIpc) is 3.07. The fraction of sp³-hybridized carbons (Fsp3) is 0.611. The summed E-state index contributed by atoms with van der Waals surface area (Å²) >= 11 is 1.02. The van der Waals surface area contributed by atoms with Crippen molar-refractivity contribution in [3.63, 3.8) is 0 Å². The molecule has 1 fully saturated rings. The number of β-lactam (4-membered cyclic amide) rings is 1. The molecule has 0 radical (unpaired) electrons. The molecule has 0 aliphatic carbocycles. The molecule has 2 amide bonds. The molecule has 0 bridgehead atoms. The van der Waals surface area contributed by atoms with Crippen LogP contribution in [-0.4, -0.2) is 69.0 Å². The number of hydrogen-bond donors (Lipinski definition) is 3. The Labute approximate surface area is 195 Å². The molecule has 2 heterocycles. The standard InChI is InChI=1S/C18H27N5O8S2/c1-7-10-12(14(25)23(10)33(27,28)29)21-13(24)11(9-8-32-16(19)20-9)22-31-18(5,6)15(26)30-17(2,3)4/h8,10,12H,7H2,1-6H3,(H2,19,20)(H,21,24)(H,27,28,29)/t10-,12-/m0/s1. The van der Waals surface area contributed by atoms with Crippen LogP contribution in [0.4, 0.5) is 5.13 Å². The summed E-state index contributed by atoms with van der Waals surface area (Å²) in [6, 6.07) is -2.22. The van der Waals surface area contributed by atoms with Gasteiger partial charge in [0.05, 0.1) is 6.04 Å². The number of hydrogen-bond acceptors (Lipinski definition) is 11. The van der Waals surface area contributed by atoms with Crippen molar-refractivity contribution in [2.45, 2.75) is 71.2 Å². The largest absolute Gasteiger partial charge is 0.457 e. The summed E-state index contributed by atoms with van der Waals surface area (Å²) in [6.07, 6.45) is 0.134. The molecule has 0 saturated carbocycles. The van der Waals surface area contributed by atoms with Crippen LogP contribution in [0.1, 0.15) is 53.7 Å². The van der Waals surface area contributed by atoms with E-state index in [-0.39, 0.29) is 21.6 Å². The van der Waals surface area contributed by atoms with E-state index in [4.69, 9.17) is 15.3 Å². The monoisotopic (exact) mass is 505 g/mol. The Morgan fingerprint density at radius 3 is 2.39 bits per heavy atom. The number of rotatable bonds is 8. The Morgan fingerprint density at radius 1 is 1.33 bits per heavy atom. The van der Waals surface area contributed by atoms with Crippen LogP contribution < -0.4 is 11.1 Å².